The van der Waals surface area contributed by atoms with Crippen LogP contribution < -0.4 is 28.3 Å². The summed E-state index contributed by atoms with van der Waals surface area (Å²) in [5.41, 5.74) is 21.7. The number of anilines is 2. The predicted molar refractivity (Wildman–Crippen MR) is 126 cm³/mol. The molecule has 0 bridgehead atoms. The largest absolute Gasteiger partial charge is 0.370 e. The zero-order valence-electron chi connectivity index (χ0n) is 18.1. The minimum absolute atomic E-state index is 0. The molecule has 5 rings (SSSR count). The number of halogens is 1. The van der Waals surface area contributed by atoms with Crippen molar-refractivity contribution in [1.29, 1.82) is 0 Å². The maximum atomic E-state index is 5.62. The quantitative estimate of drug-likeness (QED) is 0.306. The van der Waals surface area contributed by atoms with Crippen molar-refractivity contribution in [2.45, 2.75) is 70.4 Å². The fraction of sp³-hybridized carbons (Fsp3) is 0.750. The Morgan fingerprint density at radius 2 is 1.39 bits per heavy atom. The van der Waals surface area contributed by atoms with Crippen molar-refractivity contribution in [1.82, 2.24) is 15.0 Å². The van der Waals surface area contributed by atoms with E-state index in [1.165, 1.54) is 51.4 Å². The Morgan fingerprint density at radius 1 is 0.871 bits per heavy atom. The smallest absolute Gasteiger partial charge is 0.227 e. The minimum Gasteiger partial charge on any atom is -0.370 e. The van der Waals surface area contributed by atoms with Crippen LogP contribution in [0.15, 0.2) is 9.98 Å². The highest BCUT2D eigenvalue weighted by atomic mass is 35.5. The molecular formula is C20H35ClN10. The minimum atomic E-state index is -0.0170. The highest BCUT2D eigenvalue weighted by molar-refractivity contribution is 5.92. The average molecular weight is 451 g/mol. The second kappa shape index (κ2) is 9.84. The summed E-state index contributed by atoms with van der Waals surface area (Å²) in [6, 6.07) is 0.930. The molecule has 0 radical (unpaired) electrons. The van der Waals surface area contributed by atoms with Gasteiger partial charge in [0.25, 0.3) is 0 Å². The van der Waals surface area contributed by atoms with Crippen molar-refractivity contribution in [2.24, 2.45) is 50.9 Å². The summed E-state index contributed by atoms with van der Waals surface area (Å²) >= 11 is 0. The normalized spacial score (nSPS) is 20.5. The second-order valence-corrected chi connectivity index (χ2v) is 9.10. The van der Waals surface area contributed by atoms with Gasteiger partial charge in [-0.25, -0.2) is 4.99 Å². The molecule has 0 saturated heterocycles. The lowest BCUT2D eigenvalue weighted by Gasteiger charge is -2.17. The molecule has 31 heavy (non-hydrogen) atoms. The van der Waals surface area contributed by atoms with Crippen molar-refractivity contribution in [3.05, 3.63) is 5.82 Å². The van der Waals surface area contributed by atoms with E-state index in [0.29, 0.717) is 29.8 Å². The number of aliphatic imine (C=N–C) groups is 2. The Balaban J connectivity index is 0.000000172. The molecule has 4 saturated carbocycles. The lowest BCUT2D eigenvalue weighted by Crippen LogP contribution is -2.27. The van der Waals surface area contributed by atoms with Gasteiger partial charge in [-0.2, -0.15) is 19.9 Å². The van der Waals surface area contributed by atoms with Crippen LogP contribution >= 0.6 is 12.4 Å². The van der Waals surface area contributed by atoms with Gasteiger partial charge in [-0.05, 0) is 82.0 Å². The van der Waals surface area contributed by atoms with Gasteiger partial charge in [0.1, 0.15) is 5.82 Å². The van der Waals surface area contributed by atoms with Gasteiger partial charge in [0, 0.05) is 6.04 Å². The van der Waals surface area contributed by atoms with E-state index < -0.39 is 0 Å². The fourth-order valence-electron chi connectivity index (χ4n) is 4.03. The van der Waals surface area contributed by atoms with Gasteiger partial charge < -0.3 is 28.3 Å². The van der Waals surface area contributed by atoms with E-state index in [9.17, 15) is 0 Å². The number of rotatable bonds is 7. The van der Waals surface area contributed by atoms with Crippen molar-refractivity contribution >= 4 is 36.2 Å². The van der Waals surface area contributed by atoms with Gasteiger partial charge in [0.05, 0.1) is 6.04 Å². The van der Waals surface area contributed by atoms with E-state index in [2.05, 4.69) is 30.3 Å². The lowest BCUT2D eigenvalue weighted by atomic mass is 10.1. The summed E-state index contributed by atoms with van der Waals surface area (Å²) in [4.78, 5) is 20.5. The van der Waals surface area contributed by atoms with Gasteiger partial charge >= 0.3 is 0 Å². The topological polar surface area (TPSA) is 180 Å². The summed E-state index contributed by atoms with van der Waals surface area (Å²) in [5, 5.41) is 3.44. The van der Waals surface area contributed by atoms with Crippen LogP contribution in [0.5, 0.6) is 0 Å². The Morgan fingerprint density at radius 3 is 1.81 bits per heavy atom. The zero-order chi connectivity index (χ0) is 21.3. The second-order valence-electron chi connectivity index (χ2n) is 9.10. The van der Waals surface area contributed by atoms with E-state index in [0.717, 1.165) is 23.7 Å². The third-order valence-corrected chi connectivity index (χ3v) is 6.06. The van der Waals surface area contributed by atoms with Crippen LogP contribution in [-0.2, 0) is 0 Å². The Labute approximate surface area is 189 Å². The van der Waals surface area contributed by atoms with Crippen molar-refractivity contribution in [2.75, 3.05) is 11.1 Å². The van der Waals surface area contributed by atoms with Crippen LogP contribution in [0.1, 0.15) is 57.2 Å². The molecule has 0 aliphatic heterocycles. The number of nitrogens with two attached hydrogens (primary N) is 4. The molecule has 1 aromatic rings. The SMILES string of the molecule is Cc1nc(N)nc(NC(C2CC2)C2CC2)n1.Cl.NC(N)=NC(N)=NC(C1CC1)C1CC1. The maximum Gasteiger partial charge on any atom is 0.227 e. The fourth-order valence-corrected chi connectivity index (χ4v) is 4.03. The summed E-state index contributed by atoms with van der Waals surface area (Å²) < 4.78 is 0. The molecule has 1 heterocycles. The Kier molecular flexibility index (Phi) is 7.40. The van der Waals surface area contributed by atoms with E-state index in [4.69, 9.17) is 22.9 Å². The molecule has 9 N–H and O–H groups in total. The molecule has 4 fully saturated rings. The van der Waals surface area contributed by atoms with Gasteiger partial charge in [-0.1, -0.05) is 0 Å². The zero-order valence-corrected chi connectivity index (χ0v) is 18.9. The lowest BCUT2D eigenvalue weighted by molar-refractivity contribution is 0.532. The monoisotopic (exact) mass is 450 g/mol. The number of nitrogens with zero attached hydrogens (tertiary/aromatic N) is 5. The van der Waals surface area contributed by atoms with Gasteiger partial charge in [0.2, 0.25) is 17.9 Å². The van der Waals surface area contributed by atoms with Crippen LogP contribution in [-0.4, -0.2) is 39.0 Å². The molecule has 1 aromatic heterocycles. The standard InChI is InChI=1S/C11H17N5.C9H17N5.ClH/c1-6-13-10(12)16-11(14-6)15-9(7-2-3-7)8-4-5-8;10-8(11)14-9(12)13-7(5-1-2-5)6-3-4-6;/h7-9H,2-5H2,1H3,(H3,12,13,14,15,16);5-7H,1-4H2,(H6,10,11,12,13,14);1H. The van der Waals surface area contributed by atoms with Crippen molar-refractivity contribution in [3.63, 3.8) is 0 Å². The first kappa shape index (κ1) is 23.3. The molecule has 10 nitrogen and oxygen atoms in total. The summed E-state index contributed by atoms with van der Waals surface area (Å²) in [6.45, 7) is 1.84. The Bertz CT molecular complexity index is 764. The number of nitrogens with one attached hydrogen (secondary N) is 1. The molecule has 0 spiro atoms. The first-order valence-corrected chi connectivity index (χ1v) is 11.1. The van der Waals surface area contributed by atoms with Crippen molar-refractivity contribution < 1.29 is 0 Å². The molecule has 172 valence electrons. The maximum absolute atomic E-state index is 5.62. The average Bonchev–Trinajstić information content (AvgIpc) is 3.55. The molecule has 0 aromatic carbocycles. The third kappa shape index (κ3) is 7.37. The van der Waals surface area contributed by atoms with E-state index in [1.54, 1.807) is 0 Å². The van der Waals surface area contributed by atoms with Crippen LogP contribution in [0.2, 0.25) is 0 Å². The summed E-state index contributed by atoms with van der Waals surface area (Å²) in [5.74, 6) is 4.96. The first-order valence-electron chi connectivity index (χ1n) is 11.1. The molecule has 0 unspecified atom stereocenters. The van der Waals surface area contributed by atoms with Crippen LogP contribution in [0.25, 0.3) is 0 Å². The number of hydrogen-bond acceptors (Lipinski definition) is 6. The molecular weight excluding hydrogens is 416 g/mol. The van der Waals surface area contributed by atoms with E-state index in [1.807, 2.05) is 6.92 Å². The predicted octanol–water partition coefficient (Wildman–Crippen LogP) is 1.55. The summed E-state index contributed by atoms with van der Waals surface area (Å²) in [7, 11) is 0. The molecule has 11 heteroatoms. The molecule has 4 aliphatic carbocycles. The van der Waals surface area contributed by atoms with Gasteiger partial charge in [-0.15, -0.1) is 12.4 Å². The summed E-state index contributed by atoms with van der Waals surface area (Å²) in [6.07, 6.45) is 10.5. The number of aromatic nitrogens is 3. The molecule has 0 amide bonds. The van der Waals surface area contributed by atoms with Crippen LogP contribution in [0, 0.1) is 30.6 Å². The van der Waals surface area contributed by atoms with Crippen LogP contribution in [0.4, 0.5) is 11.9 Å². The third-order valence-electron chi connectivity index (χ3n) is 6.06. The molecule has 0 atom stereocenters. The number of nitrogen functional groups attached to an aromatic ring is 1. The van der Waals surface area contributed by atoms with Gasteiger partial charge in [0.15, 0.2) is 5.96 Å². The van der Waals surface area contributed by atoms with Gasteiger partial charge in [-0.3, -0.25) is 0 Å². The highest BCUT2D eigenvalue weighted by Crippen LogP contribution is 2.46. The van der Waals surface area contributed by atoms with E-state index in [-0.39, 0.29) is 24.3 Å². The van der Waals surface area contributed by atoms with E-state index >= 15 is 0 Å². The highest BCUT2D eigenvalue weighted by Gasteiger charge is 2.42. The number of aryl methyl sites for hydroxylation is 1. The Hall–Kier alpha value is -2.36. The molecule has 4 aliphatic rings. The first-order chi connectivity index (χ1) is 14.4. The number of hydrogen-bond donors (Lipinski definition) is 5. The van der Waals surface area contributed by atoms with Crippen LogP contribution in [0.3, 0.4) is 0 Å². The van der Waals surface area contributed by atoms with Crippen molar-refractivity contribution in [3.8, 4) is 0 Å². The number of guanidine groups is 2.